The van der Waals surface area contributed by atoms with Gasteiger partial charge in [-0.1, -0.05) is 48.5 Å². The Labute approximate surface area is 193 Å². The molecule has 4 rings (SSSR count). The van der Waals surface area contributed by atoms with Crippen LogP contribution in [0.1, 0.15) is 49.7 Å². The summed E-state index contributed by atoms with van der Waals surface area (Å²) in [7, 11) is 0. The normalized spacial score (nSPS) is 16.3. The fourth-order valence-corrected chi connectivity index (χ4v) is 4.68. The Hall–Kier alpha value is -3.35. The fraction of sp³-hybridized carbons (Fsp3) is 0.423. The molecule has 2 aliphatic carbocycles. The minimum Gasteiger partial charge on any atom is -0.481 e. The number of aliphatic carboxylic acids is 1. The Kier molecular flexibility index (Phi) is 6.96. The van der Waals surface area contributed by atoms with Crippen LogP contribution in [0.4, 0.5) is 4.79 Å². The highest BCUT2D eigenvalue weighted by Gasteiger charge is 2.33. The molecule has 0 aliphatic heterocycles. The van der Waals surface area contributed by atoms with Crippen molar-refractivity contribution < 1.29 is 24.2 Å². The molecule has 1 saturated carbocycles. The van der Waals surface area contributed by atoms with Gasteiger partial charge in [-0.3, -0.25) is 9.59 Å². The summed E-state index contributed by atoms with van der Waals surface area (Å²) in [4.78, 5) is 35.6. The van der Waals surface area contributed by atoms with E-state index in [9.17, 15) is 14.4 Å². The second-order valence-corrected chi connectivity index (χ2v) is 9.07. The number of nitrogens with one attached hydrogen (secondary N) is 2. The van der Waals surface area contributed by atoms with Crippen molar-refractivity contribution >= 4 is 18.0 Å². The first-order valence-electron chi connectivity index (χ1n) is 11.5. The Morgan fingerprint density at radius 3 is 2.18 bits per heavy atom. The highest BCUT2D eigenvalue weighted by Crippen LogP contribution is 2.44. The maximum atomic E-state index is 12.4. The standard InChI is InChI=1S/C26H30N2O5/c1-16(12-24(29)27-14-18(13-25(30)31)17-10-11-17)28-26(32)33-15-23-21-8-4-2-6-19(21)20-7-3-5-9-22(20)23/h2-9,16-18,23H,10-15H2,1H3,(H,27,29)(H,28,32)(H,30,31)/t16-,18?/m0/s1. The van der Waals surface area contributed by atoms with Crippen LogP contribution in [0.25, 0.3) is 11.1 Å². The second-order valence-electron chi connectivity index (χ2n) is 9.07. The van der Waals surface area contributed by atoms with Crippen LogP contribution in [0.3, 0.4) is 0 Å². The van der Waals surface area contributed by atoms with Crippen LogP contribution >= 0.6 is 0 Å². The second kappa shape index (κ2) is 10.1. The van der Waals surface area contributed by atoms with E-state index in [1.54, 1.807) is 6.92 Å². The molecule has 2 aliphatic rings. The zero-order valence-corrected chi connectivity index (χ0v) is 18.8. The summed E-state index contributed by atoms with van der Waals surface area (Å²) in [6.45, 7) is 2.32. The Bertz CT molecular complexity index is 987. The van der Waals surface area contributed by atoms with E-state index in [0.717, 1.165) is 24.0 Å². The zero-order chi connectivity index (χ0) is 23.4. The lowest BCUT2D eigenvalue weighted by atomic mass is 9.98. The number of hydrogen-bond acceptors (Lipinski definition) is 4. The number of fused-ring (bicyclic) bond motifs is 3. The summed E-state index contributed by atoms with van der Waals surface area (Å²) in [6.07, 6.45) is 1.66. The van der Waals surface area contributed by atoms with Crippen molar-refractivity contribution in [2.45, 2.75) is 44.6 Å². The Morgan fingerprint density at radius 1 is 1.00 bits per heavy atom. The average molecular weight is 451 g/mol. The molecule has 174 valence electrons. The van der Waals surface area contributed by atoms with Crippen molar-refractivity contribution in [1.82, 2.24) is 10.6 Å². The van der Waals surface area contributed by atoms with Crippen LogP contribution in [-0.4, -0.2) is 42.3 Å². The van der Waals surface area contributed by atoms with Gasteiger partial charge in [0.15, 0.2) is 0 Å². The summed E-state index contributed by atoms with van der Waals surface area (Å²) >= 11 is 0. The molecule has 0 radical (unpaired) electrons. The Morgan fingerprint density at radius 2 is 1.61 bits per heavy atom. The van der Waals surface area contributed by atoms with Gasteiger partial charge in [-0.25, -0.2) is 4.79 Å². The number of carbonyl (C=O) groups is 3. The third-order valence-electron chi connectivity index (χ3n) is 6.49. The third kappa shape index (κ3) is 5.72. The van der Waals surface area contributed by atoms with Crippen LogP contribution < -0.4 is 10.6 Å². The predicted octanol–water partition coefficient (Wildman–Crippen LogP) is 3.92. The minimum absolute atomic E-state index is 0.0182. The molecule has 2 amide bonds. The van der Waals surface area contributed by atoms with Gasteiger partial charge in [0.1, 0.15) is 6.61 Å². The summed E-state index contributed by atoms with van der Waals surface area (Å²) in [5.41, 5.74) is 4.62. The maximum Gasteiger partial charge on any atom is 0.407 e. The molecule has 0 heterocycles. The number of benzene rings is 2. The largest absolute Gasteiger partial charge is 0.481 e. The number of carboxylic acids is 1. The van der Waals surface area contributed by atoms with Gasteiger partial charge in [0, 0.05) is 24.9 Å². The highest BCUT2D eigenvalue weighted by molar-refractivity contribution is 5.79. The first kappa shape index (κ1) is 22.8. The molecule has 2 aromatic carbocycles. The molecule has 33 heavy (non-hydrogen) atoms. The molecule has 0 aromatic heterocycles. The van der Waals surface area contributed by atoms with E-state index in [4.69, 9.17) is 9.84 Å². The fourth-order valence-electron chi connectivity index (χ4n) is 4.68. The van der Waals surface area contributed by atoms with Gasteiger partial charge >= 0.3 is 12.1 Å². The van der Waals surface area contributed by atoms with E-state index in [1.807, 2.05) is 24.3 Å². The molecule has 1 unspecified atom stereocenters. The molecule has 7 heteroatoms. The van der Waals surface area contributed by atoms with Crippen LogP contribution in [0.2, 0.25) is 0 Å². The first-order valence-corrected chi connectivity index (χ1v) is 11.5. The van der Waals surface area contributed by atoms with Gasteiger partial charge in [-0.05, 0) is 53.9 Å². The van der Waals surface area contributed by atoms with Crippen molar-refractivity contribution in [3.8, 4) is 11.1 Å². The molecule has 7 nitrogen and oxygen atoms in total. The smallest absolute Gasteiger partial charge is 0.407 e. The highest BCUT2D eigenvalue weighted by atomic mass is 16.5. The quantitative estimate of drug-likeness (QED) is 0.509. The number of carbonyl (C=O) groups excluding carboxylic acids is 2. The zero-order valence-electron chi connectivity index (χ0n) is 18.8. The lowest BCUT2D eigenvalue weighted by Gasteiger charge is -2.18. The van der Waals surface area contributed by atoms with Crippen LogP contribution in [-0.2, 0) is 14.3 Å². The molecule has 0 spiro atoms. The average Bonchev–Trinajstić information content (AvgIpc) is 3.58. The van der Waals surface area contributed by atoms with E-state index in [1.165, 1.54) is 11.1 Å². The van der Waals surface area contributed by atoms with Crippen LogP contribution in [0.5, 0.6) is 0 Å². The lowest BCUT2D eigenvalue weighted by Crippen LogP contribution is -2.39. The van der Waals surface area contributed by atoms with Gasteiger partial charge in [-0.15, -0.1) is 0 Å². The van der Waals surface area contributed by atoms with E-state index < -0.39 is 18.1 Å². The van der Waals surface area contributed by atoms with Crippen LogP contribution in [0, 0.1) is 11.8 Å². The molecule has 1 fully saturated rings. The van der Waals surface area contributed by atoms with Gasteiger partial charge in [0.2, 0.25) is 5.91 Å². The first-order chi connectivity index (χ1) is 15.9. The van der Waals surface area contributed by atoms with Crippen molar-refractivity contribution in [2.75, 3.05) is 13.2 Å². The molecule has 0 bridgehead atoms. The summed E-state index contributed by atoms with van der Waals surface area (Å²) < 4.78 is 5.53. The van der Waals surface area contributed by atoms with E-state index >= 15 is 0 Å². The van der Waals surface area contributed by atoms with E-state index in [2.05, 4.69) is 34.9 Å². The van der Waals surface area contributed by atoms with Gasteiger partial charge < -0.3 is 20.5 Å². The van der Waals surface area contributed by atoms with Gasteiger partial charge in [0.05, 0.1) is 6.42 Å². The molecule has 2 aromatic rings. The maximum absolute atomic E-state index is 12.4. The summed E-state index contributed by atoms with van der Waals surface area (Å²) in [5, 5.41) is 14.6. The van der Waals surface area contributed by atoms with E-state index in [-0.39, 0.29) is 37.2 Å². The predicted molar refractivity (Wildman–Crippen MR) is 124 cm³/mol. The number of carboxylic acid groups (broad SMARTS) is 1. The molecule has 0 saturated heterocycles. The van der Waals surface area contributed by atoms with Crippen LogP contribution in [0.15, 0.2) is 48.5 Å². The third-order valence-corrected chi connectivity index (χ3v) is 6.49. The number of alkyl carbamates (subject to hydrolysis) is 1. The summed E-state index contributed by atoms with van der Waals surface area (Å²) in [6, 6.07) is 15.9. The molecule has 2 atom stereocenters. The lowest BCUT2D eigenvalue weighted by molar-refractivity contribution is -0.138. The number of hydrogen-bond donors (Lipinski definition) is 3. The van der Waals surface area contributed by atoms with Gasteiger partial charge in [0.25, 0.3) is 0 Å². The number of rotatable bonds is 10. The Balaban J connectivity index is 1.24. The molecular weight excluding hydrogens is 420 g/mol. The number of amides is 2. The van der Waals surface area contributed by atoms with Crippen molar-refractivity contribution in [1.29, 1.82) is 0 Å². The topological polar surface area (TPSA) is 105 Å². The monoisotopic (exact) mass is 450 g/mol. The number of ether oxygens (including phenoxy) is 1. The van der Waals surface area contributed by atoms with Gasteiger partial charge in [-0.2, -0.15) is 0 Å². The molecule has 3 N–H and O–H groups in total. The van der Waals surface area contributed by atoms with Crippen molar-refractivity contribution in [3.05, 3.63) is 59.7 Å². The SMILES string of the molecule is C[C@@H](CC(=O)NCC(CC(=O)O)C1CC1)NC(=O)OCC1c2ccccc2-c2ccccc21. The van der Waals surface area contributed by atoms with E-state index in [0.29, 0.717) is 12.5 Å². The van der Waals surface area contributed by atoms with Crippen molar-refractivity contribution in [2.24, 2.45) is 11.8 Å². The molecular formula is C26H30N2O5. The van der Waals surface area contributed by atoms with Crippen molar-refractivity contribution in [3.63, 3.8) is 0 Å². The summed E-state index contributed by atoms with van der Waals surface area (Å²) in [5.74, 6) is -0.714. The minimum atomic E-state index is -0.841.